The summed E-state index contributed by atoms with van der Waals surface area (Å²) in [4.78, 5) is 16.3. The molecule has 4 heteroatoms. The maximum Gasteiger partial charge on any atom is 0.169 e. The summed E-state index contributed by atoms with van der Waals surface area (Å²) in [5.74, 6) is 1.14. The minimum absolute atomic E-state index is 0.114. The third-order valence-corrected chi connectivity index (χ3v) is 2.74. The zero-order valence-electron chi connectivity index (χ0n) is 11.1. The summed E-state index contributed by atoms with van der Waals surface area (Å²) >= 11 is 0. The first kappa shape index (κ1) is 13.9. The molecule has 0 aromatic carbocycles. The van der Waals surface area contributed by atoms with Gasteiger partial charge in [-0.2, -0.15) is 0 Å². The van der Waals surface area contributed by atoms with Crippen LogP contribution in [-0.4, -0.2) is 28.0 Å². The molecule has 0 aliphatic heterocycles. The standard InChI is InChI=1S/C13H22N2O2/c1-5-15-8-7-14-12(15)9-11(16)13(10(3)4)17-6-2/h7-8,10,13H,5-6,9H2,1-4H3. The van der Waals surface area contributed by atoms with Gasteiger partial charge in [-0.3, -0.25) is 4.79 Å². The van der Waals surface area contributed by atoms with Gasteiger partial charge in [0.2, 0.25) is 0 Å². The minimum Gasteiger partial charge on any atom is -0.370 e. The van der Waals surface area contributed by atoms with Crippen LogP contribution in [-0.2, 0) is 22.5 Å². The lowest BCUT2D eigenvalue weighted by molar-refractivity contribution is -0.132. The SMILES string of the molecule is CCOC(C(=O)Cc1nccn1CC)C(C)C. The van der Waals surface area contributed by atoms with Crippen LogP contribution in [0.2, 0.25) is 0 Å². The Morgan fingerprint density at radius 2 is 2.18 bits per heavy atom. The molecule has 1 unspecified atom stereocenters. The molecule has 1 aromatic heterocycles. The van der Waals surface area contributed by atoms with E-state index in [2.05, 4.69) is 4.98 Å². The molecule has 0 spiro atoms. The van der Waals surface area contributed by atoms with Gasteiger partial charge in [-0.15, -0.1) is 0 Å². The topological polar surface area (TPSA) is 44.1 Å². The van der Waals surface area contributed by atoms with Crippen molar-refractivity contribution in [2.24, 2.45) is 5.92 Å². The molecule has 0 saturated heterocycles. The van der Waals surface area contributed by atoms with E-state index in [1.807, 2.05) is 38.5 Å². The Labute approximate surface area is 103 Å². The van der Waals surface area contributed by atoms with E-state index >= 15 is 0 Å². The van der Waals surface area contributed by atoms with Gasteiger partial charge in [0.25, 0.3) is 0 Å². The molecule has 0 radical (unpaired) electrons. The summed E-state index contributed by atoms with van der Waals surface area (Å²) in [6, 6.07) is 0. The number of rotatable bonds is 7. The summed E-state index contributed by atoms with van der Waals surface area (Å²) < 4.78 is 7.49. The summed E-state index contributed by atoms with van der Waals surface area (Å²) in [7, 11) is 0. The normalized spacial score (nSPS) is 13.0. The molecule has 0 fully saturated rings. The molecule has 1 atom stereocenters. The van der Waals surface area contributed by atoms with Crippen molar-refractivity contribution < 1.29 is 9.53 Å². The predicted octanol–water partition coefficient (Wildman–Crippen LogP) is 2.08. The van der Waals surface area contributed by atoms with E-state index in [9.17, 15) is 4.79 Å². The number of Topliss-reactive ketones (excluding diaryl/α,β-unsaturated/α-hetero) is 1. The average molecular weight is 238 g/mol. The van der Waals surface area contributed by atoms with Gasteiger partial charge in [0, 0.05) is 25.5 Å². The molecular weight excluding hydrogens is 216 g/mol. The molecule has 1 heterocycles. The highest BCUT2D eigenvalue weighted by Gasteiger charge is 2.23. The van der Waals surface area contributed by atoms with Gasteiger partial charge in [-0.1, -0.05) is 13.8 Å². The molecule has 1 aromatic rings. The van der Waals surface area contributed by atoms with Gasteiger partial charge < -0.3 is 9.30 Å². The maximum atomic E-state index is 12.1. The predicted molar refractivity (Wildman–Crippen MR) is 66.9 cm³/mol. The van der Waals surface area contributed by atoms with Gasteiger partial charge >= 0.3 is 0 Å². The van der Waals surface area contributed by atoms with Gasteiger partial charge in [0.1, 0.15) is 11.9 Å². The molecule has 0 saturated carbocycles. The number of nitrogens with zero attached hydrogens (tertiary/aromatic N) is 2. The van der Waals surface area contributed by atoms with E-state index < -0.39 is 0 Å². The Kier molecular flexibility index (Phi) is 5.35. The Morgan fingerprint density at radius 1 is 1.47 bits per heavy atom. The van der Waals surface area contributed by atoms with Crippen LogP contribution in [0.5, 0.6) is 0 Å². The van der Waals surface area contributed by atoms with Crippen LogP contribution < -0.4 is 0 Å². The monoisotopic (exact) mass is 238 g/mol. The Hall–Kier alpha value is -1.16. The van der Waals surface area contributed by atoms with E-state index in [0.717, 1.165) is 12.4 Å². The summed E-state index contributed by atoms with van der Waals surface area (Å²) in [5.41, 5.74) is 0. The van der Waals surface area contributed by atoms with E-state index in [-0.39, 0.29) is 17.8 Å². The van der Waals surface area contributed by atoms with Gasteiger partial charge in [0.15, 0.2) is 5.78 Å². The second-order valence-electron chi connectivity index (χ2n) is 4.39. The van der Waals surface area contributed by atoms with Crippen LogP contribution in [0.3, 0.4) is 0 Å². The number of carbonyl (C=O) groups is 1. The van der Waals surface area contributed by atoms with Crippen molar-refractivity contribution in [2.75, 3.05) is 6.61 Å². The molecule has 0 N–H and O–H groups in total. The third kappa shape index (κ3) is 3.66. The van der Waals surface area contributed by atoms with Crippen LogP contribution in [0.15, 0.2) is 12.4 Å². The molecule has 0 aliphatic carbocycles. The van der Waals surface area contributed by atoms with Crippen molar-refractivity contribution in [3.8, 4) is 0 Å². The van der Waals surface area contributed by atoms with Crippen LogP contribution >= 0.6 is 0 Å². The molecule has 17 heavy (non-hydrogen) atoms. The molecule has 1 rings (SSSR count). The fourth-order valence-electron chi connectivity index (χ4n) is 1.89. The molecule has 4 nitrogen and oxygen atoms in total. The zero-order valence-corrected chi connectivity index (χ0v) is 11.1. The van der Waals surface area contributed by atoms with Crippen LogP contribution in [0.1, 0.15) is 33.5 Å². The van der Waals surface area contributed by atoms with Crippen LogP contribution in [0.25, 0.3) is 0 Å². The van der Waals surface area contributed by atoms with Crippen molar-refractivity contribution in [2.45, 2.75) is 46.8 Å². The molecule has 0 amide bonds. The quantitative estimate of drug-likeness (QED) is 0.730. The number of carbonyl (C=O) groups excluding carboxylic acids is 1. The molecular formula is C13H22N2O2. The summed E-state index contributed by atoms with van der Waals surface area (Å²) in [6.07, 6.45) is 3.66. The lowest BCUT2D eigenvalue weighted by Crippen LogP contribution is -2.31. The van der Waals surface area contributed by atoms with Gasteiger partial charge in [-0.25, -0.2) is 4.98 Å². The van der Waals surface area contributed by atoms with Crippen molar-refractivity contribution >= 4 is 5.78 Å². The highest BCUT2D eigenvalue weighted by Crippen LogP contribution is 2.11. The van der Waals surface area contributed by atoms with E-state index in [1.54, 1.807) is 6.20 Å². The van der Waals surface area contributed by atoms with Crippen molar-refractivity contribution in [1.82, 2.24) is 9.55 Å². The Morgan fingerprint density at radius 3 is 2.71 bits per heavy atom. The maximum absolute atomic E-state index is 12.1. The second-order valence-corrected chi connectivity index (χ2v) is 4.39. The highest BCUT2D eigenvalue weighted by atomic mass is 16.5. The second kappa shape index (κ2) is 6.55. The average Bonchev–Trinajstić information content (AvgIpc) is 2.72. The van der Waals surface area contributed by atoms with Gasteiger partial charge in [-0.05, 0) is 19.8 Å². The van der Waals surface area contributed by atoms with Gasteiger partial charge in [0.05, 0.1) is 6.42 Å². The number of aromatic nitrogens is 2. The third-order valence-electron chi connectivity index (χ3n) is 2.74. The molecule has 0 aliphatic rings. The largest absolute Gasteiger partial charge is 0.370 e. The van der Waals surface area contributed by atoms with E-state index in [1.165, 1.54) is 0 Å². The summed E-state index contributed by atoms with van der Waals surface area (Å²) in [6.45, 7) is 9.36. The van der Waals surface area contributed by atoms with Crippen molar-refractivity contribution in [3.05, 3.63) is 18.2 Å². The lowest BCUT2D eigenvalue weighted by atomic mass is 10.0. The van der Waals surface area contributed by atoms with E-state index in [4.69, 9.17) is 4.74 Å². The number of ketones is 1. The van der Waals surface area contributed by atoms with Crippen LogP contribution in [0, 0.1) is 5.92 Å². The fraction of sp³-hybridized carbons (Fsp3) is 0.692. The lowest BCUT2D eigenvalue weighted by Gasteiger charge is -2.19. The number of hydrogen-bond acceptors (Lipinski definition) is 3. The first-order valence-electron chi connectivity index (χ1n) is 6.24. The van der Waals surface area contributed by atoms with Crippen molar-refractivity contribution in [3.63, 3.8) is 0 Å². The highest BCUT2D eigenvalue weighted by molar-refractivity contribution is 5.84. The van der Waals surface area contributed by atoms with E-state index in [0.29, 0.717) is 13.0 Å². The first-order chi connectivity index (χ1) is 8.10. The fourth-order valence-corrected chi connectivity index (χ4v) is 1.89. The molecule has 96 valence electrons. The number of hydrogen-bond donors (Lipinski definition) is 0. The minimum atomic E-state index is -0.318. The summed E-state index contributed by atoms with van der Waals surface area (Å²) in [5, 5.41) is 0. The number of imidazole rings is 1. The zero-order chi connectivity index (χ0) is 12.8. The number of aryl methyl sites for hydroxylation is 1. The van der Waals surface area contributed by atoms with Crippen LogP contribution in [0.4, 0.5) is 0 Å². The Balaban J connectivity index is 2.69. The Bertz CT molecular complexity index is 358. The number of ether oxygens (including phenoxy) is 1. The smallest absolute Gasteiger partial charge is 0.169 e. The van der Waals surface area contributed by atoms with Crippen molar-refractivity contribution in [1.29, 1.82) is 0 Å². The first-order valence-corrected chi connectivity index (χ1v) is 6.24. The molecule has 0 bridgehead atoms.